The molecule has 1 aliphatic carbocycles. The van der Waals surface area contributed by atoms with Crippen LogP contribution >= 0.6 is 11.3 Å². The molecule has 3 aromatic rings. The summed E-state index contributed by atoms with van der Waals surface area (Å²) in [5.41, 5.74) is 12.5. The average Bonchev–Trinajstić information content (AvgIpc) is 3.28. The standard InChI is InChI=1S/C18H19FN4O2S/c1-7-12(9-5-11(8(2)20)26-6-9)14(19)15(21)13-16(7)23(10-3-4-10)18(25)22-17(13)24/h5-6,8,10H,3-4,20-21H2,1-2H3,(H,22,24,25). The smallest absolute Gasteiger partial charge is 0.329 e. The average molecular weight is 374 g/mol. The summed E-state index contributed by atoms with van der Waals surface area (Å²) in [6, 6.07) is 1.68. The van der Waals surface area contributed by atoms with Crippen molar-refractivity contribution in [2.45, 2.75) is 38.8 Å². The summed E-state index contributed by atoms with van der Waals surface area (Å²) in [7, 11) is 0. The summed E-state index contributed by atoms with van der Waals surface area (Å²) in [5.74, 6) is -0.643. The molecule has 1 atom stereocenters. The van der Waals surface area contributed by atoms with Crippen molar-refractivity contribution < 1.29 is 4.39 Å². The van der Waals surface area contributed by atoms with Gasteiger partial charge >= 0.3 is 5.69 Å². The number of nitrogens with zero attached hydrogens (tertiary/aromatic N) is 1. The number of hydrogen-bond acceptors (Lipinski definition) is 5. The lowest BCUT2D eigenvalue weighted by Crippen LogP contribution is -2.31. The minimum Gasteiger partial charge on any atom is -0.396 e. The van der Waals surface area contributed by atoms with Gasteiger partial charge in [0.1, 0.15) is 0 Å². The van der Waals surface area contributed by atoms with E-state index >= 15 is 4.39 Å². The van der Waals surface area contributed by atoms with Crippen molar-refractivity contribution in [3.05, 3.63) is 48.5 Å². The molecule has 0 bridgehead atoms. The Morgan fingerprint density at radius 3 is 2.65 bits per heavy atom. The molecule has 5 N–H and O–H groups in total. The lowest BCUT2D eigenvalue weighted by Gasteiger charge is -2.17. The zero-order valence-electron chi connectivity index (χ0n) is 14.4. The van der Waals surface area contributed by atoms with Gasteiger partial charge in [-0.05, 0) is 49.3 Å². The maximum Gasteiger partial charge on any atom is 0.329 e. The molecule has 0 amide bonds. The van der Waals surface area contributed by atoms with Gasteiger partial charge < -0.3 is 11.5 Å². The van der Waals surface area contributed by atoms with E-state index in [0.717, 1.165) is 17.7 Å². The molecule has 2 heterocycles. The highest BCUT2D eigenvalue weighted by Gasteiger charge is 2.30. The summed E-state index contributed by atoms with van der Waals surface area (Å²) >= 11 is 1.44. The number of anilines is 1. The minimum atomic E-state index is -0.658. The van der Waals surface area contributed by atoms with Crippen LogP contribution in [0.2, 0.25) is 0 Å². The van der Waals surface area contributed by atoms with Crippen LogP contribution in [0.25, 0.3) is 22.0 Å². The Kier molecular flexibility index (Phi) is 3.78. The largest absolute Gasteiger partial charge is 0.396 e. The molecule has 136 valence electrons. The predicted molar refractivity (Wildman–Crippen MR) is 102 cm³/mol. The SMILES string of the molecule is Cc1c(-c2csc(C(C)N)c2)c(F)c(N)c2c(=O)[nH]c(=O)n(C3CC3)c12. The van der Waals surface area contributed by atoms with E-state index in [1.165, 1.54) is 11.3 Å². The normalized spacial score (nSPS) is 15.5. The van der Waals surface area contributed by atoms with Crippen LogP contribution in [-0.4, -0.2) is 9.55 Å². The number of thiophene rings is 1. The number of H-pyrrole nitrogens is 1. The molecule has 0 aliphatic heterocycles. The summed E-state index contributed by atoms with van der Waals surface area (Å²) in [6.45, 7) is 3.58. The lowest BCUT2D eigenvalue weighted by molar-refractivity contribution is 0.634. The first-order chi connectivity index (χ1) is 12.3. The Balaban J connectivity index is 2.14. The van der Waals surface area contributed by atoms with Gasteiger partial charge in [0.2, 0.25) is 0 Å². The number of aromatic amines is 1. The fraction of sp³-hybridized carbons (Fsp3) is 0.333. The molecule has 0 spiro atoms. The number of hydrogen-bond donors (Lipinski definition) is 3. The van der Waals surface area contributed by atoms with Gasteiger partial charge in [0.05, 0.1) is 16.6 Å². The Hall–Kier alpha value is -2.45. The molecule has 1 aromatic carbocycles. The third-order valence-corrected chi connectivity index (χ3v) is 6.00. The Bertz CT molecular complexity index is 1150. The molecular formula is C18H19FN4O2S. The zero-order chi connectivity index (χ0) is 18.7. The molecular weight excluding hydrogens is 355 g/mol. The number of nitrogens with one attached hydrogen (secondary N) is 1. The molecule has 26 heavy (non-hydrogen) atoms. The molecule has 0 saturated heterocycles. The van der Waals surface area contributed by atoms with Crippen molar-refractivity contribution in [3.63, 3.8) is 0 Å². The maximum absolute atomic E-state index is 15.1. The van der Waals surface area contributed by atoms with Crippen LogP contribution in [0.5, 0.6) is 0 Å². The molecule has 1 unspecified atom stereocenters. The fourth-order valence-corrected chi connectivity index (χ4v) is 4.30. The second-order valence-corrected chi connectivity index (χ2v) is 7.78. The van der Waals surface area contributed by atoms with Crippen LogP contribution in [0.4, 0.5) is 10.1 Å². The Morgan fingerprint density at radius 1 is 1.38 bits per heavy atom. The van der Waals surface area contributed by atoms with Crippen LogP contribution in [0.1, 0.15) is 42.3 Å². The summed E-state index contributed by atoms with van der Waals surface area (Å²) in [4.78, 5) is 27.9. The first-order valence-corrected chi connectivity index (χ1v) is 9.29. The van der Waals surface area contributed by atoms with E-state index in [4.69, 9.17) is 11.5 Å². The van der Waals surface area contributed by atoms with Gasteiger partial charge in [-0.25, -0.2) is 9.18 Å². The minimum absolute atomic E-state index is 0.0142. The highest BCUT2D eigenvalue weighted by molar-refractivity contribution is 7.10. The molecule has 8 heteroatoms. The molecule has 1 aliphatic rings. The van der Waals surface area contributed by atoms with Crippen molar-refractivity contribution in [2.24, 2.45) is 5.73 Å². The van der Waals surface area contributed by atoms with E-state index in [0.29, 0.717) is 22.2 Å². The van der Waals surface area contributed by atoms with Crippen LogP contribution in [0.15, 0.2) is 21.0 Å². The van der Waals surface area contributed by atoms with Crippen LogP contribution in [0, 0.1) is 12.7 Å². The van der Waals surface area contributed by atoms with E-state index in [2.05, 4.69) is 4.98 Å². The van der Waals surface area contributed by atoms with Gasteiger partial charge in [-0.3, -0.25) is 14.3 Å². The van der Waals surface area contributed by atoms with E-state index in [-0.39, 0.29) is 23.2 Å². The van der Waals surface area contributed by atoms with Gasteiger partial charge in [-0.15, -0.1) is 11.3 Å². The molecule has 0 radical (unpaired) electrons. The second kappa shape index (κ2) is 5.78. The predicted octanol–water partition coefficient (Wildman–Crippen LogP) is 2.80. The topological polar surface area (TPSA) is 107 Å². The van der Waals surface area contributed by atoms with Crippen molar-refractivity contribution in [1.82, 2.24) is 9.55 Å². The number of benzene rings is 1. The van der Waals surface area contributed by atoms with Crippen LogP contribution < -0.4 is 22.7 Å². The number of halogens is 1. The van der Waals surface area contributed by atoms with Crippen molar-refractivity contribution >= 4 is 27.9 Å². The Morgan fingerprint density at radius 2 is 2.08 bits per heavy atom. The van der Waals surface area contributed by atoms with Crippen LogP contribution in [-0.2, 0) is 0 Å². The van der Waals surface area contributed by atoms with E-state index < -0.39 is 17.1 Å². The number of nitrogen functional groups attached to an aromatic ring is 1. The third-order valence-electron chi connectivity index (χ3n) is 4.87. The number of aryl methyl sites for hydroxylation is 1. The second-order valence-electron chi connectivity index (χ2n) is 6.84. The maximum atomic E-state index is 15.1. The number of aromatic nitrogens is 2. The first-order valence-electron chi connectivity index (χ1n) is 8.41. The van der Waals surface area contributed by atoms with Crippen molar-refractivity contribution in [2.75, 3.05) is 5.73 Å². The van der Waals surface area contributed by atoms with Gasteiger partial charge in [0, 0.05) is 22.5 Å². The molecule has 4 rings (SSSR count). The molecule has 6 nitrogen and oxygen atoms in total. The van der Waals surface area contributed by atoms with Gasteiger partial charge in [0.15, 0.2) is 5.82 Å². The van der Waals surface area contributed by atoms with Crippen LogP contribution in [0.3, 0.4) is 0 Å². The number of rotatable bonds is 3. The van der Waals surface area contributed by atoms with Gasteiger partial charge in [-0.1, -0.05) is 0 Å². The molecule has 1 fully saturated rings. The summed E-state index contributed by atoms with van der Waals surface area (Å²) < 4.78 is 16.7. The quantitative estimate of drug-likeness (QED) is 0.613. The first kappa shape index (κ1) is 17.0. The van der Waals surface area contributed by atoms with Gasteiger partial charge in [-0.2, -0.15) is 0 Å². The summed E-state index contributed by atoms with van der Waals surface area (Å²) in [5, 5.41) is 1.86. The number of fused-ring (bicyclic) bond motifs is 1. The van der Waals surface area contributed by atoms with E-state index in [1.54, 1.807) is 11.5 Å². The lowest BCUT2D eigenvalue weighted by atomic mass is 9.97. The Labute approximate surface area is 152 Å². The third kappa shape index (κ3) is 2.40. The zero-order valence-corrected chi connectivity index (χ0v) is 15.2. The molecule has 1 saturated carbocycles. The molecule has 2 aromatic heterocycles. The van der Waals surface area contributed by atoms with E-state index in [1.807, 2.05) is 18.4 Å². The van der Waals surface area contributed by atoms with E-state index in [9.17, 15) is 9.59 Å². The number of nitrogens with two attached hydrogens (primary N) is 2. The highest BCUT2D eigenvalue weighted by atomic mass is 32.1. The van der Waals surface area contributed by atoms with Gasteiger partial charge in [0.25, 0.3) is 5.56 Å². The van der Waals surface area contributed by atoms with Crippen molar-refractivity contribution in [3.8, 4) is 11.1 Å². The summed E-state index contributed by atoms with van der Waals surface area (Å²) in [6.07, 6.45) is 1.70. The highest BCUT2D eigenvalue weighted by Crippen LogP contribution is 2.41. The monoisotopic (exact) mass is 374 g/mol. The van der Waals surface area contributed by atoms with Crippen molar-refractivity contribution in [1.29, 1.82) is 0 Å². The fourth-order valence-electron chi connectivity index (χ4n) is 3.44.